The number of hydrogen-bond donors (Lipinski definition) is 2. The molecule has 0 fully saturated rings. The van der Waals surface area contributed by atoms with Crippen molar-refractivity contribution < 1.29 is 23.6 Å². The van der Waals surface area contributed by atoms with Gasteiger partial charge in [-0.1, -0.05) is 22.9 Å². The number of carbonyl (C=O) groups excluding carboxylic acids is 3. The number of ether oxygens (including phenoxy) is 1. The number of rotatable bonds is 10. The van der Waals surface area contributed by atoms with Crippen molar-refractivity contribution in [3.8, 4) is 0 Å². The van der Waals surface area contributed by atoms with Crippen molar-refractivity contribution in [2.75, 3.05) is 37.0 Å². The van der Waals surface area contributed by atoms with Gasteiger partial charge < -0.3 is 19.9 Å². The van der Waals surface area contributed by atoms with Crippen LogP contribution in [0.25, 0.3) is 0 Å². The van der Waals surface area contributed by atoms with Gasteiger partial charge in [0, 0.05) is 38.2 Å². The van der Waals surface area contributed by atoms with E-state index in [4.69, 9.17) is 9.26 Å². The standard InChI is InChI=1S/C21H28N4O5/c1-14-5-6-17(15(2)11-14)23-19(26)7-8-21(28)25(18-12-16(3)30-24-18)13-20(27)22-9-10-29-4/h5-6,11-12H,7-10,13H2,1-4H3,(H,22,27)(H,23,26). The van der Waals surface area contributed by atoms with E-state index in [0.717, 1.165) is 11.1 Å². The first-order chi connectivity index (χ1) is 14.3. The topological polar surface area (TPSA) is 114 Å². The van der Waals surface area contributed by atoms with Gasteiger partial charge in [-0.15, -0.1) is 0 Å². The van der Waals surface area contributed by atoms with E-state index in [1.54, 1.807) is 13.0 Å². The second-order valence-electron chi connectivity index (χ2n) is 6.98. The maximum Gasteiger partial charge on any atom is 0.240 e. The van der Waals surface area contributed by atoms with Gasteiger partial charge in [-0.05, 0) is 32.4 Å². The average Bonchev–Trinajstić information content (AvgIpc) is 3.12. The molecule has 0 unspecified atom stereocenters. The maximum absolute atomic E-state index is 12.7. The van der Waals surface area contributed by atoms with Crippen LogP contribution < -0.4 is 15.5 Å². The molecule has 0 atom stereocenters. The van der Waals surface area contributed by atoms with Gasteiger partial charge in [0.2, 0.25) is 17.7 Å². The number of carbonyl (C=O) groups is 3. The monoisotopic (exact) mass is 416 g/mol. The number of nitrogens with one attached hydrogen (secondary N) is 2. The minimum atomic E-state index is -0.402. The fraction of sp³-hybridized carbons (Fsp3) is 0.429. The van der Waals surface area contributed by atoms with E-state index in [2.05, 4.69) is 15.8 Å². The van der Waals surface area contributed by atoms with Crippen LogP contribution in [0.1, 0.15) is 29.7 Å². The third-order valence-electron chi connectivity index (χ3n) is 4.35. The molecule has 1 aromatic heterocycles. The number of anilines is 2. The normalized spacial score (nSPS) is 10.5. The molecule has 1 aromatic carbocycles. The summed E-state index contributed by atoms with van der Waals surface area (Å²) in [5.74, 6) is -0.303. The Morgan fingerprint density at radius 3 is 2.50 bits per heavy atom. The van der Waals surface area contributed by atoms with Gasteiger partial charge >= 0.3 is 0 Å². The fourth-order valence-corrected chi connectivity index (χ4v) is 2.79. The second kappa shape index (κ2) is 11.1. The van der Waals surface area contributed by atoms with Crippen LogP contribution in [0.15, 0.2) is 28.8 Å². The number of hydrogen-bond acceptors (Lipinski definition) is 6. The summed E-state index contributed by atoms with van der Waals surface area (Å²) in [5, 5.41) is 9.30. The van der Waals surface area contributed by atoms with Crippen LogP contribution in [-0.4, -0.2) is 49.7 Å². The predicted octanol–water partition coefficient (Wildman–Crippen LogP) is 2.11. The van der Waals surface area contributed by atoms with Gasteiger partial charge in [0.25, 0.3) is 0 Å². The molecule has 0 saturated carbocycles. The van der Waals surface area contributed by atoms with Gasteiger partial charge in [-0.2, -0.15) is 0 Å². The van der Waals surface area contributed by atoms with Crippen molar-refractivity contribution in [1.82, 2.24) is 10.5 Å². The van der Waals surface area contributed by atoms with Crippen LogP contribution in [0.2, 0.25) is 0 Å². The molecule has 0 bridgehead atoms. The van der Waals surface area contributed by atoms with Crippen LogP contribution in [0.5, 0.6) is 0 Å². The Labute approximate surface area is 175 Å². The molecule has 0 aliphatic carbocycles. The zero-order valence-electron chi connectivity index (χ0n) is 17.8. The van der Waals surface area contributed by atoms with Crippen LogP contribution in [0.4, 0.5) is 11.5 Å². The summed E-state index contributed by atoms with van der Waals surface area (Å²) in [5.41, 5.74) is 2.75. The second-order valence-corrected chi connectivity index (χ2v) is 6.98. The molecule has 2 N–H and O–H groups in total. The Bertz CT molecular complexity index is 893. The van der Waals surface area contributed by atoms with E-state index < -0.39 is 5.91 Å². The summed E-state index contributed by atoms with van der Waals surface area (Å²) >= 11 is 0. The predicted molar refractivity (Wildman–Crippen MR) is 112 cm³/mol. The van der Waals surface area contributed by atoms with Crippen molar-refractivity contribution >= 4 is 29.2 Å². The highest BCUT2D eigenvalue weighted by Crippen LogP contribution is 2.18. The van der Waals surface area contributed by atoms with Crippen molar-refractivity contribution in [3.05, 3.63) is 41.2 Å². The summed E-state index contributed by atoms with van der Waals surface area (Å²) in [7, 11) is 1.53. The maximum atomic E-state index is 12.7. The van der Waals surface area contributed by atoms with Gasteiger partial charge in [-0.25, -0.2) is 0 Å². The largest absolute Gasteiger partial charge is 0.383 e. The third-order valence-corrected chi connectivity index (χ3v) is 4.35. The van der Waals surface area contributed by atoms with E-state index in [1.807, 2.05) is 32.0 Å². The minimum Gasteiger partial charge on any atom is -0.383 e. The molecule has 30 heavy (non-hydrogen) atoms. The van der Waals surface area contributed by atoms with Crippen molar-refractivity contribution in [2.24, 2.45) is 0 Å². The molecule has 162 valence electrons. The van der Waals surface area contributed by atoms with E-state index in [9.17, 15) is 14.4 Å². The summed E-state index contributed by atoms with van der Waals surface area (Å²) in [6.45, 7) is 6.03. The summed E-state index contributed by atoms with van der Waals surface area (Å²) in [4.78, 5) is 38.4. The Hall–Kier alpha value is -3.20. The van der Waals surface area contributed by atoms with Gasteiger partial charge in [0.15, 0.2) is 5.82 Å². The molecule has 9 heteroatoms. The summed E-state index contributed by atoms with van der Waals surface area (Å²) in [6, 6.07) is 7.28. The number of amides is 3. The lowest BCUT2D eigenvalue weighted by atomic mass is 10.1. The number of aryl methyl sites for hydroxylation is 3. The van der Waals surface area contributed by atoms with Gasteiger partial charge in [0.1, 0.15) is 12.3 Å². The zero-order chi connectivity index (χ0) is 22.1. The van der Waals surface area contributed by atoms with E-state index >= 15 is 0 Å². The Kier molecular flexibility index (Phi) is 8.54. The first kappa shape index (κ1) is 23.1. The first-order valence-corrected chi connectivity index (χ1v) is 9.66. The van der Waals surface area contributed by atoms with Crippen LogP contribution in [-0.2, 0) is 19.1 Å². The summed E-state index contributed by atoms with van der Waals surface area (Å²) in [6.07, 6.45) is -0.0984. The average molecular weight is 416 g/mol. The molecule has 9 nitrogen and oxygen atoms in total. The lowest BCUT2D eigenvalue weighted by molar-refractivity contribution is -0.125. The highest BCUT2D eigenvalue weighted by atomic mass is 16.5. The lowest BCUT2D eigenvalue weighted by Crippen LogP contribution is -2.42. The van der Waals surface area contributed by atoms with Crippen molar-refractivity contribution in [3.63, 3.8) is 0 Å². The van der Waals surface area contributed by atoms with Crippen LogP contribution >= 0.6 is 0 Å². The highest BCUT2D eigenvalue weighted by Gasteiger charge is 2.23. The third kappa shape index (κ3) is 7.00. The number of aromatic nitrogens is 1. The van der Waals surface area contributed by atoms with E-state index in [0.29, 0.717) is 24.6 Å². The molecule has 0 radical (unpaired) electrons. The Morgan fingerprint density at radius 1 is 1.10 bits per heavy atom. The molecule has 3 amide bonds. The highest BCUT2D eigenvalue weighted by molar-refractivity contribution is 6.00. The van der Waals surface area contributed by atoms with Crippen molar-refractivity contribution in [2.45, 2.75) is 33.6 Å². The van der Waals surface area contributed by atoms with Gasteiger partial charge in [-0.3, -0.25) is 19.3 Å². The van der Waals surface area contributed by atoms with E-state index in [1.165, 1.54) is 12.0 Å². The molecular formula is C21H28N4O5. The number of methoxy groups -OCH3 is 1. The fourth-order valence-electron chi connectivity index (χ4n) is 2.79. The van der Waals surface area contributed by atoms with Gasteiger partial charge in [0.05, 0.1) is 6.61 Å². The van der Waals surface area contributed by atoms with Crippen LogP contribution in [0.3, 0.4) is 0 Å². The lowest BCUT2D eigenvalue weighted by Gasteiger charge is -2.19. The van der Waals surface area contributed by atoms with Crippen molar-refractivity contribution in [1.29, 1.82) is 0 Å². The first-order valence-electron chi connectivity index (χ1n) is 9.66. The molecule has 0 aliphatic rings. The Balaban J connectivity index is 1.97. The van der Waals surface area contributed by atoms with E-state index in [-0.39, 0.29) is 37.0 Å². The molecule has 1 heterocycles. The number of benzene rings is 1. The summed E-state index contributed by atoms with van der Waals surface area (Å²) < 4.78 is 9.92. The zero-order valence-corrected chi connectivity index (χ0v) is 17.8. The quantitative estimate of drug-likeness (QED) is 0.574. The minimum absolute atomic E-state index is 0.0230. The smallest absolute Gasteiger partial charge is 0.240 e. The molecule has 2 rings (SSSR count). The molecular weight excluding hydrogens is 388 g/mol. The van der Waals surface area contributed by atoms with Crippen LogP contribution in [0, 0.1) is 20.8 Å². The molecule has 0 spiro atoms. The number of nitrogens with zero attached hydrogens (tertiary/aromatic N) is 2. The molecule has 0 aliphatic heterocycles. The molecule has 0 saturated heterocycles. The Morgan fingerprint density at radius 2 is 1.87 bits per heavy atom. The SMILES string of the molecule is COCCNC(=O)CN(C(=O)CCC(=O)Nc1ccc(C)cc1C)c1cc(C)on1. The molecule has 2 aromatic rings.